The number of aliphatic imine (C=N–C) groups is 2. The number of ether oxygens (including phenoxy) is 1. The number of fused-ring (bicyclic) bond motifs is 2. The van der Waals surface area contributed by atoms with E-state index in [9.17, 15) is 4.79 Å². The van der Waals surface area contributed by atoms with Gasteiger partial charge in [0.2, 0.25) is 5.90 Å². The van der Waals surface area contributed by atoms with Crippen LogP contribution < -0.4 is 5.73 Å². The Morgan fingerprint density at radius 2 is 2.19 bits per heavy atom. The van der Waals surface area contributed by atoms with Gasteiger partial charge in [0.1, 0.15) is 25.2 Å². The molecule has 32 heavy (non-hydrogen) atoms. The van der Waals surface area contributed by atoms with E-state index >= 15 is 0 Å². The molecule has 5 rings (SSSR count). The zero-order valence-electron chi connectivity index (χ0n) is 18.1. The van der Waals surface area contributed by atoms with Crippen LogP contribution in [0.4, 0.5) is 5.69 Å². The molecule has 3 atom stereocenters. The molecule has 0 aliphatic carbocycles. The van der Waals surface area contributed by atoms with Gasteiger partial charge in [-0.1, -0.05) is 24.1 Å². The number of carbonyl (C=O) groups excluding carboxylic acids is 1. The van der Waals surface area contributed by atoms with Gasteiger partial charge in [0, 0.05) is 24.7 Å². The highest BCUT2D eigenvalue weighted by Crippen LogP contribution is 2.27. The average Bonchev–Trinajstić information content (AvgIpc) is 3.19. The Hall–Kier alpha value is -3.38. The van der Waals surface area contributed by atoms with Crippen LogP contribution in [0, 0.1) is 11.8 Å². The molecular formula is C23H27N7O2. The van der Waals surface area contributed by atoms with E-state index in [0.29, 0.717) is 19.0 Å². The Balaban J connectivity index is 1.36. The summed E-state index contributed by atoms with van der Waals surface area (Å²) in [4.78, 5) is 27.1. The van der Waals surface area contributed by atoms with Gasteiger partial charge in [0.05, 0.1) is 18.4 Å². The second kappa shape index (κ2) is 8.63. The first kappa shape index (κ1) is 20.5. The van der Waals surface area contributed by atoms with Crippen molar-refractivity contribution in [3.05, 3.63) is 29.8 Å². The third-order valence-electron chi connectivity index (χ3n) is 6.13. The highest BCUT2D eigenvalue weighted by atomic mass is 16.5. The number of guanidine groups is 1. The maximum Gasteiger partial charge on any atom is 0.268 e. The van der Waals surface area contributed by atoms with E-state index in [1.54, 1.807) is 13.1 Å². The van der Waals surface area contributed by atoms with Gasteiger partial charge < -0.3 is 20.3 Å². The molecule has 1 fully saturated rings. The van der Waals surface area contributed by atoms with E-state index in [-0.39, 0.29) is 24.5 Å². The summed E-state index contributed by atoms with van der Waals surface area (Å²) < 4.78 is 5.78. The van der Waals surface area contributed by atoms with Crippen LogP contribution in [-0.2, 0) is 16.1 Å². The van der Waals surface area contributed by atoms with Crippen molar-refractivity contribution in [1.29, 1.82) is 0 Å². The minimum absolute atomic E-state index is 0.110. The van der Waals surface area contributed by atoms with Gasteiger partial charge in [-0.25, -0.2) is 15.0 Å². The molecule has 3 unspecified atom stereocenters. The zero-order chi connectivity index (χ0) is 22.1. The number of nitrogens with two attached hydrogens (primary N) is 1. The molecule has 4 heterocycles. The normalized spacial score (nSPS) is 26.5. The van der Waals surface area contributed by atoms with Gasteiger partial charge in [-0.2, -0.15) is 5.10 Å². The summed E-state index contributed by atoms with van der Waals surface area (Å²) in [5.74, 6) is 7.19. The Bertz CT molecular complexity index is 1050. The highest BCUT2D eigenvalue weighted by molar-refractivity contribution is 6.00. The van der Waals surface area contributed by atoms with Crippen molar-refractivity contribution >= 4 is 29.7 Å². The smallest absolute Gasteiger partial charge is 0.268 e. The summed E-state index contributed by atoms with van der Waals surface area (Å²) in [6.07, 6.45) is 3.76. The minimum Gasteiger partial charge on any atom is -0.474 e. The molecule has 0 spiro atoms. The molecule has 0 radical (unpaired) electrons. The lowest BCUT2D eigenvalue weighted by molar-refractivity contribution is -0.135. The Labute approximate surface area is 187 Å². The topological polar surface area (TPSA) is 99.1 Å². The van der Waals surface area contributed by atoms with Crippen LogP contribution in [0.3, 0.4) is 0 Å². The number of carbonyl (C=O) groups is 1. The molecular weight excluding hydrogens is 406 g/mol. The average molecular weight is 434 g/mol. The van der Waals surface area contributed by atoms with Gasteiger partial charge >= 0.3 is 0 Å². The molecule has 0 aromatic heterocycles. The standard InChI is InChI=1S/C23H27N7O2/c1-2-3-11-29-21-19(27-23(29)28-10-6-8-17(24)13-28)12-25-30(22(21)31)14-20-26-18-9-5-4-7-16(18)15-32-20/h4-5,7,9,12,17,19,21H,6,8,10-11,13-15,24H2,1H3. The van der Waals surface area contributed by atoms with E-state index in [0.717, 1.165) is 43.1 Å². The summed E-state index contributed by atoms with van der Waals surface area (Å²) in [5, 5.41) is 5.83. The molecule has 2 N–H and O–H groups in total. The number of para-hydroxylation sites is 1. The van der Waals surface area contributed by atoms with E-state index in [1.807, 2.05) is 29.2 Å². The van der Waals surface area contributed by atoms with Crippen molar-refractivity contribution in [3.63, 3.8) is 0 Å². The van der Waals surface area contributed by atoms with Gasteiger partial charge in [0.25, 0.3) is 5.91 Å². The van der Waals surface area contributed by atoms with Crippen LogP contribution in [0.2, 0.25) is 0 Å². The largest absolute Gasteiger partial charge is 0.474 e. The second-order valence-corrected chi connectivity index (χ2v) is 8.35. The fourth-order valence-corrected chi connectivity index (χ4v) is 4.53. The van der Waals surface area contributed by atoms with Crippen LogP contribution >= 0.6 is 0 Å². The molecule has 9 heteroatoms. The van der Waals surface area contributed by atoms with Gasteiger partial charge in [-0.15, -0.1) is 5.92 Å². The Morgan fingerprint density at radius 3 is 3.03 bits per heavy atom. The van der Waals surface area contributed by atoms with Crippen molar-refractivity contribution in [3.8, 4) is 11.8 Å². The number of hydrazone groups is 1. The SMILES string of the molecule is CC#CCN1C(N2CCCC(N)C2)=NC2C=NN(CC3=Nc4ccccc4CO3)C(=O)C21. The monoisotopic (exact) mass is 433 g/mol. The first-order chi connectivity index (χ1) is 15.6. The second-order valence-electron chi connectivity index (χ2n) is 8.35. The molecule has 1 aromatic rings. The molecule has 4 aliphatic heterocycles. The van der Waals surface area contributed by atoms with E-state index in [2.05, 4.69) is 26.8 Å². The van der Waals surface area contributed by atoms with Crippen LogP contribution in [0.5, 0.6) is 0 Å². The Morgan fingerprint density at radius 1 is 1.31 bits per heavy atom. The Kier molecular flexibility index (Phi) is 5.53. The van der Waals surface area contributed by atoms with Crippen molar-refractivity contribution in [2.24, 2.45) is 20.8 Å². The zero-order valence-corrected chi connectivity index (χ0v) is 18.1. The quantitative estimate of drug-likeness (QED) is 0.715. The predicted molar refractivity (Wildman–Crippen MR) is 122 cm³/mol. The number of nitrogens with zero attached hydrogens (tertiary/aromatic N) is 6. The molecule has 1 saturated heterocycles. The van der Waals surface area contributed by atoms with Crippen molar-refractivity contribution in [2.45, 2.75) is 44.5 Å². The number of amides is 1. The van der Waals surface area contributed by atoms with Gasteiger partial charge in [-0.05, 0) is 25.8 Å². The summed E-state index contributed by atoms with van der Waals surface area (Å²) in [6, 6.07) is 7.14. The third-order valence-corrected chi connectivity index (χ3v) is 6.13. The van der Waals surface area contributed by atoms with Crippen molar-refractivity contribution in [1.82, 2.24) is 14.8 Å². The number of benzene rings is 1. The van der Waals surface area contributed by atoms with Crippen molar-refractivity contribution < 1.29 is 9.53 Å². The fraction of sp³-hybridized carbons (Fsp3) is 0.478. The summed E-state index contributed by atoms with van der Waals surface area (Å²) in [6.45, 7) is 4.46. The molecule has 1 amide bonds. The lowest BCUT2D eigenvalue weighted by Crippen LogP contribution is -2.58. The lowest BCUT2D eigenvalue weighted by atomic mass is 10.1. The van der Waals surface area contributed by atoms with Crippen LogP contribution in [0.25, 0.3) is 0 Å². The molecule has 0 saturated carbocycles. The molecule has 4 aliphatic rings. The first-order valence-electron chi connectivity index (χ1n) is 11.0. The third kappa shape index (κ3) is 3.82. The maximum absolute atomic E-state index is 13.5. The molecule has 166 valence electrons. The maximum atomic E-state index is 13.5. The van der Waals surface area contributed by atoms with E-state index < -0.39 is 6.04 Å². The van der Waals surface area contributed by atoms with Crippen LogP contribution in [-0.4, -0.2) is 83.1 Å². The van der Waals surface area contributed by atoms with Crippen molar-refractivity contribution in [2.75, 3.05) is 26.2 Å². The summed E-state index contributed by atoms with van der Waals surface area (Å²) in [5.41, 5.74) is 8.10. The van der Waals surface area contributed by atoms with Gasteiger partial charge in [-0.3, -0.25) is 4.79 Å². The number of likely N-dealkylation sites (tertiary alicyclic amines) is 1. The molecule has 9 nitrogen and oxygen atoms in total. The first-order valence-corrected chi connectivity index (χ1v) is 11.0. The number of piperidine rings is 1. The summed E-state index contributed by atoms with van der Waals surface area (Å²) >= 11 is 0. The van der Waals surface area contributed by atoms with E-state index in [1.165, 1.54) is 5.01 Å². The van der Waals surface area contributed by atoms with Crippen LogP contribution in [0.1, 0.15) is 25.3 Å². The highest BCUT2D eigenvalue weighted by Gasteiger charge is 2.46. The fourth-order valence-electron chi connectivity index (χ4n) is 4.53. The van der Waals surface area contributed by atoms with Gasteiger partial charge in [0.15, 0.2) is 5.96 Å². The molecule has 1 aromatic carbocycles. The minimum atomic E-state index is -0.474. The number of hydrogen-bond acceptors (Lipinski definition) is 8. The van der Waals surface area contributed by atoms with E-state index in [4.69, 9.17) is 15.5 Å². The number of rotatable bonds is 3. The predicted octanol–water partition coefficient (Wildman–Crippen LogP) is 0.930. The number of hydrogen-bond donors (Lipinski definition) is 1. The summed E-state index contributed by atoms with van der Waals surface area (Å²) in [7, 11) is 0. The van der Waals surface area contributed by atoms with Crippen LogP contribution in [0.15, 0.2) is 39.4 Å². The lowest BCUT2D eigenvalue weighted by Gasteiger charge is -2.38. The molecule has 0 bridgehead atoms.